The topological polar surface area (TPSA) is 51.0 Å². The molecule has 23 heavy (non-hydrogen) atoms. The van der Waals surface area contributed by atoms with Crippen molar-refractivity contribution in [3.63, 3.8) is 0 Å². The van der Waals surface area contributed by atoms with Crippen LogP contribution < -0.4 is 5.32 Å². The van der Waals surface area contributed by atoms with Crippen molar-refractivity contribution in [2.75, 3.05) is 47.6 Å². The van der Waals surface area contributed by atoms with E-state index in [0.717, 1.165) is 43.0 Å². The molecule has 0 saturated carbocycles. The molecule has 0 radical (unpaired) electrons. The quantitative estimate of drug-likeness (QED) is 0.379. The van der Waals surface area contributed by atoms with E-state index < -0.39 is 0 Å². The van der Waals surface area contributed by atoms with Gasteiger partial charge in [0.1, 0.15) is 0 Å². The third-order valence-electron chi connectivity index (χ3n) is 3.48. The van der Waals surface area contributed by atoms with Gasteiger partial charge in [0, 0.05) is 57.8 Å². The fraction of sp³-hybridized carbons (Fsp3) is 0.688. The summed E-state index contributed by atoms with van der Waals surface area (Å²) in [6.45, 7) is 3.80. The van der Waals surface area contributed by atoms with Gasteiger partial charge >= 0.3 is 0 Å². The average Bonchev–Trinajstić information content (AvgIpc) is 2.83. The Kier molecular flexibility index (Phi) is 9.98. The first-order valence-corrected chi connectivity index (χ1v) is 8.67. The van der Waals surface area contributed by atoms with Gasteiger partial charge in [-0.2, -0.15) is 0 Å². The van der Waals surface area contributed by atoms with Crippen LogP contribution in [-0.2, 0) is 23.1 Å². The Hall–Kier alpha value is -1.05. The standard InChI is InChI=1S/C16H29BrN4O2/c1-18-16(19-7-5-6-8-23-10-9-22-4)21(3)13-15-11-14(17)12-20(15)2/h11-12H,5-10,13H2,1-4H3,(H,18,19). The number of halogens is 1. The molecule has 0 amide bonds. The van der Waals surface area contributed by atoms with E-state index >= 15 is 0 Å². The first-order chi connectivity index (χ1) is 11.1. The Labute approximate surface area is 148 Å². The van der Waals surface area contributed by atoms with Crippen LogP contribution in [0.2, 0.25) is 0 Å². The molecule has 0 aromatic carbocycles. The van der Waals surface area contributed by atoms with Crippen LogP contribution in [0, 0.1) is 0 Å². The highest BCUT2D eigenvalue weighted by atomic mass is 79.9. The molecule has 1 aromatic heterocycles. The second kappa shape index (κ2) is 11.5. The van der Waals surface area contributed by atoms with Crippen molar-refractivity contribution in [2.45, 2.75) is 19.4 Å². The fourth-order valence-electron chi connectivity index (χ4n) is 2.20. The maximum absolute atomic E-state index is 5.45. The summed E-state index contributed by atoms with van der Waals surface area (Å²) in [6.07, 6.45) is 4.14. The normalized spacial score (nSPS) is 11.8. The summed E-state index contributed by atoms with van der Waals surface area (Å²) < 4.78 is 13.6. The van der Waals surface area contributed by atoms with Gasteiger partial charge in [0.05, 0.1) is 19.8 Å². The highest BCUT2D eigenvalue weighted by molar-refractivity contribution is 9.10. The summed E-state index contributed by atoms with van der Waals surface area (Å²) in [5.74, 6) is 0.905. The van der Waals surface area contributed by atoms with Crippen molar-refractivity contribution in [3.8, 4) is 0 Å². The highest BCUT2D eigenvalue weighted by Crippen LogP contribution is 2.14. The van der Waals surface area contributed by atoms with Gasteiger partial charge in [0.2, 0.25) is 0 Å². The van der Waals surface area contributed by atoms with Gasteiger partial charge in [-0.05, 0) is 34.8 Å². The maximum atomic E-state index is 5.45. The number of nitrogens with one attached hydrogen (secondary N) is 1. The summed E-state index contributed by atoms with van der Waals surface area (Å²) in [5, 5.41) is 3.39. The predicted molar refractivity (Wildman–Crippen MR) is 97.9 cm³/mol. The Balaban J connectivity index is 2.24. The molecular weight excluding hydrogens is 360 g/mol. The number of ether oxygens (including phenoxy) is 2. The van der Waals surface area contributed by atoms with Crippen LogP contribution in [0.3, 0.4) is 0 Å². The summed E-state index contributed by atoms with van der Waals surface area (Å²) in [4.78, 5) is 6.46. The third kappa shape index (κ3) is 7.85. The third-order valence-corrected chi connectivity index (χ3v) is 3.91. The van der Waals surface area contributed by atoms with Crippen molar-refractivity contribution >= 4 is 21.9 Å². The van der Waals surface area contributed by atoms with E-state index in [-0.39, 0.29) is 0 Å². The number of rotatable bonds is 10. The Morgan fingerprint density at radius 2 is 2.13 bits per heavy atom. The number of methoxy groups -OCH3 is 1. The second-order valence-electron chi connectivity index (χ2n) is 5.40. The molecule has 1 aromatic rings. The van der Waals surface area contributed by atoms with E-state index in [4.69, 9.17) is 9.47 Å². The summed E-state index contributed by atoms with van der Waals surface area (Å²) in [5.41, 5.74) is 1.23. The van der Waals surface area contributed by atoms with Gasteiger partial charge in [0.15, 0.2) is 5.96 Å². The largest absolute Gasteiger partial charge is 0.382 e. The SMILES string of the molecule is CN=C(NCCCCOCCOC)N(C)Cc1cc(Br)cn1C. The number of guanidine groups is 1. The van der Waals surface area contributed by atoms with E-state index in [1.54, 1.807) is 7.11 Å². The van der Waals surface area contributed by atoms with E-state index in [2.05, 4.69) is 48.0 Å². The number of hydrogen-bond donors (Lipinski definition) is 1. The van der Waals surface area contributed by atoms with E-state index in [9.17, 15) is 0 Å². The van der Waals surface area contributed by atoms with Crippen LogP contribution in [0.15, 0.2) is 21.7 Å². The molecule has 0 fully saturated rings. The smallest absolute Gasteiger partial charge is 0.193 e. The lowest BCUT2D eigenvalue weighted by Gasteiger charge is -2.22. The van der Waals surface area contributed by atoms with Gasteiger partial charge in [-0.3, -0.25) is 4.99 Å². The highest BCUT2D eigenvalue weighted by Gasteiger charge is 2.09. The Bertz CT molecular complexity index is 477. The molecule has 132 valence electrons. The van der Waals surface area contributed by atoms with Gasteiger partial charge in [0.25, 0.3) is 0 Å². The molecule has 0 aliphatic carbocycles. The number of hydrogen-bond acceptors (Lipinski definition) is 3. The van der Waals surface area contributed by atoms with Crippen molar-refractivity contribution in [2.24, 2.45) is 12.0 Å². The van der Waals surface area contributed by atoms with E-state index in [0.29, 0.717) is 13.2 Å². The first kappa shape index (κ1) is 20.0. The predicted octanol–water partition coefficient (Wildman–Crippen LogP) is 2.24. The second-order valence-corrected chi connectivity index (χ2v) is 6.32. The minimum Gasteiger partial charge on any atom is -0.382 e. The number of aliphatic imine (C=N–C) groups is 1. The molecule has 0 bridgehead atoms. The molecule has 6 nitrogen and oxygen atoms in total. The molecular formula is C16H29BrN4O2. The number of aromatic nitrogens is 1. The zero-order valence-electron chi connectivity index (χ0n) is 14.6. The van der Waals surface area contributed by atoms with E-state index in [1.165, 1.54) is 5.69 Å². The van der Waals surface area contributed by atoms with Crippen LogP contribution >= 0.6 is 15.9 Å². The molecule has 0 aliphatic rings. The lowest BCUT2D eigenvalue weighted by Crippen LogP contribution is -2.39. The molecule has 0 unspecified atom stereocenters. The minimum absolute atomic E-state index is 0.658. The van der Waals surface area contributed by atoms with Crippen molar-refractivity contribution < 1.29 is 9.47 Å². The molecule has 0 aliphatic heterocycles. The number of aryl methyl sites for hydroxylation is 1. The van der Waals surface area contributed by atoms with Crippen LogP contribution in [0.5, 0.6) is 0 Å². The zero-order chi connectivity index (χ0) is 17.1. The molecule has 1 rings (SSSR count). The van der Waals surface area contributed by atoms with Gasteiger partial charge in [-0.25, -0.2) is 0 Å². The van der Waals surface area contributed by atoms with Crippen molar-refractivity contribution in [3.05, 3.63) is 22.4 Å². The summed E-state index contributed by atoms with van der Waals surface area (Å²) in [6, 6.07) is 2.13. The molecule has 7 heteroatoms. The first-order valence-electron chi connectivity index (χ1n) is 7.87. The Morgan fingerprint density at radius 1 is 1.35 bits per heavy atom. The van der Waals surface area contributed by atoms with Gasteiger partial charge < -0.3 is 24.3 Å². The van der Waals surface area contributed by atoms with Crippen LogP contribution in [0.1, 0.15) is 18.5 Å². The van der Waals surface area contributed by atoms with Gasteiger partial charge in [-0.1, -0.05) is 0 Å². The minimum atomic E-state index is 0.658. The number of nitrogens with zero attached hydrogens (tertiary/aromatic N) is 3. The molecule has 1 N–H and O–H groups in total. The van der Waals surface area contributed by atoms with Crippen molar-refractivity contribution in [1.29, 1.82) is 0 Å². The molecule has 1 heterocycles. The molecule has 0 saturated heterocycles. The summed E-state index contributed by atoms with van der Waals surface area (Å²) in [7, 11) is 7.59. The number of unbranched alkanes of at least 4 members (excludes halogenated alkanes) is 1. The van der Waals surface area contributed by atoms with Crippen molar-refractivity contribution in [1.82, 2.24) is 14.8 Å². The Morgan fingerprint density at radius 3 is 2.74 bits per heavy atom. The molecule has 0 atom stereocenters. The lowest BCUT2D eigenvalue weighted by molar-refractivity contribution is 0.0689. The lowest BCUT2D eigenvalue weighted by atomic mass is 10.3. The monoisotopic (exact) mass is 388 g/mol. The molecule has 0 spiro atoms. The van der Waals surface area contributed by atoms with Crippen LogP contribution in [-0.4, -0.2) is 63.0 Å². The zero-order valence-corrected chi connectivity index (χ0v) is 16.2. The fourth-order valence-corrected chi connectivity index (χ4v) is 2.77. The van der Waals surface area contributed by atoms with Gasteiger partial charge in [-0.15, -0.1) is 0 Å². The van der Waals surface area contributed by atoms with Crippen LogP contribution in [0.4, 0.5) is 0 Å². The average molecular weight is 389 g/mol. The van der Waals surface area contributed by atoms with Crippen LogP contribution in [0.25, 0.3) is 0 Å². The maximum Gasteiger partial charge on any atom is 0.193 e. The van der Waals surface area contributed by atoms with E-state index in [1.807, 2.05) is 21.1 Å². The summed E-state index contributed by atoms with van der Waals surface area (Å²) >= 11 is 3.50.